The summed E-state index contributed by atoms with van der Waals surface area (Å²) in [4.78, 5) is 2.40. The summed E-state index contributed by atoms with van der Waals surface area (Å²) in [6, 6.07) is 7.89. The molecule has 22 heavy (non-hydrogen) atoms. The molecule has 1 aromatic heterocycles. The Balaban J connectivity index is 1.75. The van der Waals surface area contributed by atoms with Gasteiger partial charge in [-0.2, -0.15) is 0 Å². The summed E-state index contributed by atoms with van der Waals surface area (Å²) >= 11 is 0. The highest BCUT2D eigenvalue weighted by atomic mass is 16.5. The molecule has 0 saturated carbocycles. The lowest BCUT2D eigenvalue weighted by molar-refractivity contribution is 0.236. The van der Waals surface area contributed by atoms with Gasteiger partial charge in [0.15, 0.2) is 11.5 Å². The van der Waals surface area contributed by atoms with Gasteiger partial charge in [0.05, 0.1) is 12.6 Å². The first kappa shape index (κ1) is 14.9. The molecule has 1 saturated heterocycles. The van der Waals surface area contributed by atoms with Gasteiger partial charge in [0.2, 0.25) is 0 Å². The summed E-state index contributed by atoms with van der Waals surface area (Å²) in [6.07, 6.45) is 2.26. The third-order valence-electron chi connectivity index (χ3n) is 4.06. The van der Waals surface area contributed by atoms with Gasteiger partial charge in [-0.15, -0.1) is 0 Å². The molecule has 5 heteroatoms. The summed E-state index contributed by atoms with van der Waals surface area (Å²) in [5, 5.41) is 14.0. The molecule has 0 amide bonds. The molecule has 0 radical (unpaired) electrons. The van der Waals surface area contributed by atoms with E-state index in [1.54, 1.807) is 6.07 Å². The lowest BCUT2D eigenvalue weighted by atomic mass is 10.1. The maximum Gasteiger partial charge on any atom is 0.161 e. The van der Waals surface area contributed by atoms with Crippen LogP contribution in [0.4, 0.5) is 0 Å². The fourth-order valence-corrected chi connectivity index (χ4v) is 3.06. The van der Waals surface area contributed by atoms with Crippen LogP contribution in [0.2, 0.25) is 0 Å². The van der Waals surface area contributed by atoms with Crippen molar-refractivity contribution in [2.24, 2.45) is 0 Å². The van der Waals surface area contributed by atoms with Gasteiger partial charge in [0.1, 0.15) is 11.5 Å². The van der Waals surface area contributed by atoms with Gasteiger partial charge >= 0.3 is 0 Å². The van der Waals surface area contributed by atoms with Gasteiger partial charge in [-0.3, -0.25) is 4.90 Å². The summed E-state index contributed by atoms with van der Waals surface area (Å²) in [6.45, 7) is 6.24. The molecule has 1 fully saturated rings. The van der Waals surface area contributed by atoms with Crippen molar-refractivity contribution in [3.63, 3.8) is 0 Å². The van der Waals surface area contributed by atoms with Crippen LogP contribution in [-0.2, 0) is 6.54 Å². The Labute approximate surface area is 130 Å². The van der Waals surface area contributed by atoms with E-state index >= 15 is 0 Å². The second-order valence-corrected chi connectivity index (χ2v) is 5.73. The van der Waals surface area contributed by atoms with Crippen molar-refractivity contribution in [1.29, 1.82) is 0 Å². The number of hydrogen-bond donors (Lipinski definition) is 1. The first-order valence-electron chi connectivity index (χ1n) is 7.79. The third-order valence-corrected chi connectivity index (χ3v) is 4.06. The van der Waals surface area contributed by atoms with Gasteiger partial charge in [-0.25, -0.2) is 0 Å². The lowest BCUT2D eigenvalue weighted by Gasteiger charge is -2.23. The molecule has 1 aromatic carbocycles. The molecule has 1 N–H and O–H groups in total. The SMILES string of the molecule is CCOc1cc(CN2CCC[C@@H]2c2cc(C)on2)ccc1O. The predicted octanol–water partition coefficient (Wildman–Crippen LogP) is 3.42. The molecule has 0 aliphatic carbocycles. The van der Waals surface area contributed by atoms with Crippen molar-refractivity contribution in [2.45, 2.75) is 39.3 Å². The Morgan fingerprint density at radius 2 is 2.27 bits per heavy atom. The van der Waals surface area contributed by atoms with Crippen LogP contribution in [0, 0.1) is 6.92 Å². The number of aromatic nitrogens is 1. The zero-order chi connectivity index (χ0) is 15.5. The van der Waals surface area contributed by atoms with E-state index < -0.39 is 0 Å². The van der Waals surface area contributed by atoms with Crippen LogP contribution in [0.1, 0.15) is 42.8 Å². The van der Waals surface area contributed by atoms with Gasteiger partial charge in [0.25, 0.3) is 0 Å². The minimum atomic E-state index is 0.190. The Kier molecular flexibility index (Phi) is 4.34. The average molecular weight is 302 g/mol. The number of benzene rings is 1. The smallest absolute Gasteiger partial charge is 0.161 e. The van der Waals surface area contributed by atoms with Crippen LogP contribution >= 0.6 is 0 Å². The number of phenolic OH excluding ortho intramolecular Hbond substituents is 1. The molecule has 2 aromatic rings. The average Bonchev–Trinajstić information content (AvgIpc) is 3.11. The molecule has 5 nitrogen and oxygen atoms in total. The number of rotatable bonds is 5. The van der Waals surface area contributed by atoms with E-state index in [0.29, 0.717) is 18.4 Å². The fraction of sp³-hybridized carbons (Fsp3) is 0.471. The van der Waals surface area contributed by atoms with E-state index in [2.05, 4.69) is 10.1 Å². The van der Waals surface area contributed by atoms with Gasteiger partial charge in [0, 0.05) is 12.6 Å². The van der Waals surface area contributed by atoms with Gasteiger partial charge in [-0.05, 0) is 50.9 Å². The van der Waals surface area contributed by atoms with Crippen LogP contribution in [0.5, 0.6) is 11.5 Å². The van der Waals surface area contributed by atoms with E-state index in [1.807, 2.05) is 32.0 Å². The molecule has 1 aliphatic heterocycles. The molecular weight excluding hydrogens is 280 g/mol. The summed E-state index contributed by atoms with van der Waals surface area (Å²) < 4.78 is 10.7. The Morgan fingerprint density at radius 3 is 3.00 bits per heavy atom. The molecule has 1 aliphatic rings. The number of aromatic hydroxyl groups is 1. The van der Waals surface area contributed by atoms with Crippen LogP contribution in [-0.4, -0.2) is 28.3 Å². The summed E-state index contributed by atoms with van der Waals surface area (Å²) in [7, 11) is 0. The van der Waals surface area contributed by atoms with Crippen LogP contribution in [0.15, 0.2) is 28.8 Å². The maximum atomic E-state index is 9.80. The second kappa shape index (κ2) is 6.40. The largest absolute Gasteiger partial charge is 0.504 e. The fourth-order valence-electron chi connectivity index (χ4n) is 3.06. The van der Waals surface area contributed by atoms with E-state index in [9.17, 15) is 5.11 Å². The quantitative estimate of drug-likeness (QED) is 0.917. The molecule has 0 bridgehead atoms. The maximum absolute atomic E-state index is 9.80. The Morgan fingerprint density at radius 1 is 1.41 bits per heavy atom. The van der Waals surface area contributed by atoms with Crippen LogP contribution < -0.4 is 4.74 Å². The normalized spacial score (nSPS) is 18.7. The lowest BCUT2D eigenvalue weighted by Crippen LogP contribution is -2.23. The highest BCUT2D eigenvalue weighted by molar-refractivity contribution is 5.41. The van der Waals surface area contributed by atoms with E-state index in [0.717, 1.165) is 42.9 Å². The van der Waals surface area contributed by atoms with Crippen LogP contribution in [0.3, 0.4) is 0 Å². The molecule has 3 rings (SSSR count). The van der Waals surface area contributed by atoms with E-state index in [-0.39, 0.29) is 5.75 Å². The highest BCUT2D eigenvalue weighted by Crippen LogP contribution is 2.34. The number of likely N-dealkylation sites (tertiary alicyclic amines) is 1. The minimum absolute atomic E-state index is 0.190. The first-order chi connectivity index (χ1) is 10.7. The molecule has 1 atom stereocenters. The van der Waals surface area contributed by atoms with Crippen molar-refractivity contribution in [3.8, 4) is 11.5 Å². The molecule has 0 spiro atoms. The Hall–Kier alpha value is -2.01. The number of hydrogen-bond acceptors (Lipinski definition) is 5. The van der Waals surface area contributed by atoms with Crippen molar-refractivity contribution in [2.75, 3.05) is 13.2 Å². The number of nitrogens with zero attached hydrogens (tertiary/aromatic N) is 2. The van der Waals surface area contributed by atoms with E-state index in [1.165, 1.54) is 0 Å². The van der Waals surface area contributed by atoms with Crippen LogP contribution in [0.25, 0.3) is 0 Å². The third kappa shape index (κ3) is 3.09. The zero-order valence-electron chi connectivity index (χ0n) is 13.1. The monoisotopic (exact) mass is 302 g/mol. The molecular formula is C17H22N2O3. The molecule has 118 valence electrons. The molecule has 0 unspecified atom stereocenters. The van der Waals surface area contributed by atoms with Gasteiger partial charge in [-0.1, -0.05) is 11.2 Å². The molecule has 2 heterocycles. The number of phenols is 1. The summed E-state index contributed by atoms with van der Waals surface area (Å²) in [5.74, 6) is 1.59. The van der Waals surface area contributed by atoms with Crippen molar-refractivity contribution in [3.05, 3.63) is 41.3 Å². The predicted molar refractivity (Wildman–Crippen MR) is 82.9 cm³/mol. The highest BCUT2D eigenvalue weighted by Gasteiger charge is 2.28. The zero-order valence-corrected chi connectivity index (χ0v) is 13.1. The van der Waals surface area contributed by atoms with Crippen molar-refractivity contribution in [1.82, 2.24) is 10.1 Å². The standard InChI is InChI=1S/C17H22N2O3/c1-3-21-17-10-13(6-7-16(17)20)11-19-8-4-5-15(19)14-9-12(2)22-18-14/h6-7,9-10,15,20H,3-5,8,11H2,1-2H3/t15-/m1/s1. The van der Waals surface area contributed by atoms with Gasteiger partial charge < -0.3 is 14.4 Å². The van der Waals surface area contributed by atoms with Crippen molar-refractivity contribution >= 4 is 0 Å². The first-order valence-corrected chi connectivity index (χ1v) is 7.79. The Bertz CT molecular complexity index is 639. The number of ether oxygens (including phenoxy) is 1. The summed E-state index contributed by atoms with van der Waals surface area (Å²) in [5.41, 5.74) is 2.15. The van der Waals surface area contributed by atoms with Crippen molar-refractivity contribution < 1.29 is 14.4 Å². The second-order valence-electron chi connectivity index (χ2n) is 5.73. The number of aryl methyl sites for hydroxylation is 1. The van der Waals surface area contributed by atoms with E-state index in [4.69, 9.17) is 9.26 Å². The topological polar surface area (TPSA) is 58.7 Å². The minimum Gasteiger partial charge on any atom is -0.504 e.